The van der Waals surface area contributed by atoms with Gasteiger partial charge in [0.05, 0.1) is 0 Å². The summed E-state index contributed by atoms with van der Waals surface area (Å²) in [7, 11) is 1.78. The van der Waals surface area contributed by atoms with Gasteiger partial charge in [-0.05, 0) is 32.5 Å². The summed E-state index contributed by atoms with van der Waals surface area (Å²) in [6, 6.07) is 4.34. The van der Waals surface area contributed by atoms with Gasteiger partial charge in [0.15, 0.2) is 0 Å². The van der Waals surface area contributed by atoms with Crippen molar-refractivity contribution in [2.75, 3.05) is 13.6 Å². The molecule has 0 aliphatic carbocycles. The van der Waals surface area contributed by atoms with Crippen molar-refractivity contribution in [3.05, 3.63) is 35.5 Å². The third-order valence-electron chi connectivity index (χ3n) is 3.22. The number of rotatable bonds is 6. The molecule has 22 heavy (non-hydrogen) atoms. The number of carbonyl (C=O) groups excluding carboxylic acids is 1. The summed E-state index contributed by atoms with van der Waals surface area (Å²) in [6.07, 6.45) is 0.366. The Kier molecular flexibility index (Phi) is 5.21. The van der Waals surface area contributed by atoms with Crippen LogP contribution in [0.5, 0.6) is 0 Å². The minimum absolute atomic E-state index is 0.108. The first-order valence-corrected chi connectivity index (χ1v) is 7.05. The molecule has 1 amide bonds. The second-order valence-corrected chi connectivity index (χ2v) is 5.06. The number of nitrogens with one attached hydrogen (secondary N) is 2. The molecule has 2 N–H and O–H groups in total. The normalized spacial score (nSPS) is 12.2. The Bertz CT molecular complexity index is 657. The molecule has 118 valence electrons. The second kappa shape index (κ2) is 7.13. The van der Waals surface area contributed by atoms with E-state index < -0.39 is 6.04 Å². The molecule has 1 heterocycles. The van der Waals surface area contributed by atoms with Gasteiger partial charge in [-0.25, -0.2) is 4.39 Å². The molecular weight excluding hydrogens is 287 g/mol. The zero-order chi connectivity index (χ0) is 16.1. The smallest absolute Gasteiger partial charge is 0.249 e. The molecule has 7 heteroatoms. The Morgan fingerprint density at radius 2 is 2.23 bits per heavy atom. The van der Waals surface area contributed by atoms with Gasteiger partial charge in [0.2, 0.25) is 17.6 Å². The van der Waals surface area contributed by atoms with Crippen LogP contribution in [0.2, 0.25) is 0 Å². The molecule has 1 aromatic carbocycles. The minimum atomic E-state index is -0.402. The third kappa shape index (κ3) is 3.88. The molecule has 1 aromatic heterocycles. The van der Waals surface area contributed by atoms with Gasteiger partial charge in [-0.1, -0.05) is 17.3 Å². The first-order chi connectivity index (χ1) is 10.5. The highest BCUT2D eigenvalue weighted by Gasteiger charge is 2.17. The number of benzene rings is 1. The molecular formula is C15H19FN4O2. The van der Waals surface area contributed by atoms with E-state index in [1.165, 1.54) is 6.07 Å². The van der Waals surface area contributed by atoms with E-state index in [1.54, 1.807) is 33.0 Å². The average molecular weight is 306 g/mol. The van der Waals surface area contributed by atoms with Gasteiger partial charge in [0.25, 0.3) is 0 Å². The van der Waals surface area contributed by atoms with Gasteiger partial charge < -0.3 is 15.2 Å². The molecule has 2 aromatic rings. The van der Waals surface area contributed by atoms with Gasteiger partial charge in [-0.15, -0.1) is 0 Å². The highest BCUT2D eigenvalue weighted by molar-refractivity contribution is 5.76. The molecule has 0 saturated carbocycles. The molecule has 0 fully saturated rings. The standard InChI is InChI=1S/C15H19FN4O2/c1-9-4-5-11(8-12(9)16)14-19-15(22-20-14)10(2)18-13(21)6-7-17-3/h4-5,8,10,17H,6-7H2,1-3H3,(H,18,21). The molecule has 0 spiro atoms. The van der Waals surface area contributed by atoms with Crippen LogP contribution in [0.25, 0.3) is 11.4 Å². The number of halogens is 1. The van der Waals surface area contributed by atoms with Crippen molar-refractivity contribution < 1.29 is 13.7 Å². The van der Waals surface area contributed by atoms with Crippen LogP contribution in [0.3, 0.4) is 0 Å². The van der Waals surface area contributed by atoms with E-state index in [0.717, 1.165) is 0 Å². The van der Waals surface area contributed by atoms with Crippen LogP contribution in [-0.2, 0) is 4.79 Å². The van der Waals surface area contributed by atoms with Crippen LogP contribution >= 0.6 is 0 Å². The molecule has 6 nitrogen and oxygen atoms in total. The second-order valence-electron chi connectivity index (χ2n) is 5.06. The van der Waals surface area contributed by atoms with Crippen molar-refractivity contribution in [3.63, 3.8) is 0 Å². The molecule has 0 bridgehead atoms. The lowest BCUT2D eigenvalue weighted by Gasteiger charge is -2.09. The van der Waals surface area contributed by atoms with E-state index in [0.29, 0.717) is 29.9 Å². The maximum absolute atomic E-state index is 13.6. The van der Waals surface area contributed by atoms with Crippen molar-refractivity contribution >= 4 is 5.91 Å². The van der Waals surface area contributed by atoms with Gasteiger partial charge in [-0.3, -0.25) is 4.79 Å². The van der Waals surface area contributed by atoms with Crippen LogP contribution in [0.1, 0.15) is 30.8 Å². The van der Waals surface area contributed by atoms with Crippen LogP contribution in [-0.4, -0.2) is 29.6 Å². The third-order valence-corrected chi connectivity index (χ3v) is 3.22. The summed E-state index contributed by atoms with van der Waals surface area (Å²) >= 11 is 0. The zero-order valence-corrected chi connectivity index (χ0v) is 12.8. The molecule has 0 radical (unpaired) electrons. The lowest BCUT2D eigenvalue weighted by atomic mass is 10.1. The monoisotopic (exact) mass is 306 g/mol. The van der Waals surface area contributed by atoms with E-state index in [2.05, 4.69) is 20.8 Å². The lowest BCUT2D eigenvalue weighted by molar-refractivity contribution is -0.121. The van der Waals surface area contributed by atoms with Crippen molar-refractivity contribution in [2.45, 2.75) is 26.3 Å². The number of carbonyl (C=O) groups is 1. The number of hydrogen-bond donors (Lipinski definition) is 2. The summed E-state index contributed by atoms with van der Waals surface area (Å²) in [5, 5.41) is 9.50. The first-order valence-electron chi connectivity index (χ1n) is 7.05. The quantitative estimate of drug-likeness (QED) is 0.853. The summed E-state index contributed by atoms with van der Waals surface area (Å²) < 4.78 is 18.7. The maximum Gasteiger partial charge on any atom is 0.249 e. The zero-order valence-electron chi connectivity index (χ0n) is 12.8. The fourth-order valence-electron chi connectivity index (χ4n) is 1.87. The van der Waals surface area contributed by atoms with E-state index >= 15 is 0 Å². The highest BCUT2D eigenvalue weighted by atomic mass is 19.1. The van der Waals surface area contributed by atoms with Crippen LogP contribution in [0, 0.1) is 12.7 Å². The topological polar surface area (TPSA) is 80.0 Å². The number of nitrogens with zero attached hydrogens (tertiary/aromatic N) is 2. The first kappa shape index (κ1) is 16.1. The summed E-state index contributed by atoms with van der Waals surface area (Å²) in [4.78, 5) is 15.9. The van der Waals surface area contributed by atoms with Crippen molar-refractivity contribution in [3.8, 4) is 11.4 Å². The van der Waals surface area contributed by atoms with Crippen molar-refractivity contribution in [1.82, 2.24) is 20.8 Å². The van der Waals surface area contributed by atoms with Gasteiger partial charge >= 0.3 is 0 Å². The van der Waals surface area contributed by atoms with Crippen LogP contribution in [0.15, 0.2) is 22.7 Å². The number of hydrogen-bond acceptors (Lipinski definition) is 5. The molecule has 1 unspecified atom stereocenters. The van der Waals surface area contributed by atoms with Crippen LogP contribution < -0.4 is 10.6 Å². The summed E-state index contributed by atoms with van der Waals surface area (Å²) in [5.41, 5.74) is 1.09. The number of aryl methyl sites for hydroxylation is 1. The fourth-order valence-corrected chi connectivity index (χ4v) is 1.87. The Morgan fingerprint density at radius 1 is 1.45 bits per heavy atom. The number of amides is 1. The van der Waals surface area contributed by atoms with E-state index in [4.69, 9.17) is 4.52 Å². The number of aromatic nitrogens is 2. The average Bonchev–Trinajstić information content (AvgIpc) is 2.98. The van der Waals surface area contributed by atoms with E-state index in [9.17, 15) is 9.18 Å². The molecule has 0 saturated heterocycles. The largest absolute Gasteiger partial charge is 0.345 e. The van der Waals surface area contributed by atoms with E-state index in [1.807, 2.05) is 0 Å². The maximum atomic E-state index is 13.6. The predicted molar refractivity (Wildman–Crippen MR) is 79.5 cm³/mol. The van der Waals surface area contributed by atoms with Crippen molar-refractivity contribution in [2.24, 2.45) is 0 Å². The Hall–Kier alpha value is -2.28. The molecule has 1 atom stereocenters. The Balaban J connectivity index is 2.07. The van der Waals surface area contributed by atoms with Gasteiger partial charge in [0, 0.05) is 18.5 Å². The van der Waals surface area contributed by atoms with Gasteiger partial charge in [-0.2, -0.15) is 4.98 Å². The molecule has 2 rings (SSSR count). The van der Waals surface area contributed by atoms with Gasteiger partial charge in [0.1, 0.15) is 11.9 Å². The SMILES string of the molecule is CNCCC(=O)NC(C)c1nc(-c2ccc(C)c(F)c2)no1. The lowest BCUT2D eigenvalue weighted by Crippen LogP contribution is -2.29. The molecule has 0 aliphatic rings. The Labute approximate surface area is 128 Å². The Morgan fingerprint density at radius 3 is 2.91 bits per heavy atom. The highest BCUT2D eigenvalue weighted by Crippen LogP contribution is 2.20. The van der Waals surface area contributed by atoms with E-state index in [-0.39, 0.29) is 17.6 Å². The summed E-state index contributed by atoms with van der Waals surface area (Å²) in [6.45, 7) is 4.03. The minimum Gasteiger partial charge on any atom is -0.345 e. The summed E-state index contributed by atoms with van der Waals surface area (Å²) in [5.74, 6) is 0.152. The van der Waals surface area contributed by atoms with Crippen LogP contribution in [0.4, 0.5) is 4.39 Å². The molecule has 0 aliphatic heterocycles. The fraction of sp³-hybridized carbons (Fsp3) is 0.400. The van der Waals surface area contributed by atoms with Crippen molar-refractivity contribution in [1.29, 1.82) is 0 Å². The predicted octanol–water partition coefficient (Wildman–Crippen LogP) is 1.97.